The van der Waals surface area contributed by atoms with Crippen LogP contribution < -0.4 is 0 Å². The number of nitrogens with zero attached hydrogens (tertiary/aromatic N) is 2. The zero-order chi connectivity index (χ0) is 9.42. The summed E-state index contributed by atoms with van der Waals surface area (Å²) in [6.07, 6.45) is 3.82. The number of aromatic nitrogens is 4. The first-order valence-corrected chi connectivity index (χ1v) is 4.36. The largest absolute Gasteiger partial charge is 0.337 e. The summed E-state index contributed by atoms with van der Waals surface area (Å²) in [6.45, 7) is 1.97. The number of aromatic amines is 2. The van der Waals surface area contributed by atoms with Gasteiger partial charge >= 0.3 is 0 Å². The van der Waals surface area contributed by atoms with Gasteiger partial charge in [0.25, 0.3) is 0 Å². The third-order valence-corrected chi connectivity index (χ3v) is 2.12. The summed E-state index contributed by atoms with van der Waals surface area (Å²) in [6, 6.07) is 0. The van der Waals surface area contributed by atoms with Crippen molar-refractivity contribution in [1.82, 2.24) is 19.7 Å². The highest BCUT2D eigenvalue weighted by atomic mass is 32.1. The van der Waals surface area contributed by atoms with Crippen molar-refractivity contribution in [2.75, 3.05) is 0 Å². The Labute approximate surface area is 80.6 Å². The fourth-order valence-electron chi connectivity index (χ4n) is 1.34. The van der Waals surface area contributed by atoms with E-state index >= 15 is 0 Å². The Balaban J connectivity index is 2.57. The van der Waals surface area contributed by atoms with E-state index in [9.17, 15) is 0 Å². The maximum Gasteiger partial charge on any atom is 0.174 e. The van der Waals surface area contributed by atoms with Crippen LogP contribution in [0.2, 0.25) is 0 Å². The van der Waals surface area contributed by atoms with Crippen molar-refractivity contribution in [1.29, 1.82) is 0 Å². The van der Waals surface area contributed by atoms with E-state index in [1.165, 1.54) is 0 Å². The molecule has 0 saturated carbocycles. The second kappa shape index (κ2) is 2.85. The number of rotatable bonds is 1. The maximum atomic E-state index is 4.94. The highest BCUT2D eigenvalue weighted by Gasteiger charge is 2.06. The minimum Gasteiger partial charge on any atom is -0.337 e. The van der Waals surface area contributed by atoms with Crippen LogP contribution in [0.1, 0.15) is 5.69 Å². The Morgan fingerprint density at radius 2 is 2.31 bits per heavy atom. The second-order valence-electron chi connectivity index (χ2n) is 2.96. The average Bonchev–Trinajstić information content (AvgIpc) is 2.58. The summed E-state index contributed by atoms with van der Waals surface area (Å²) in [5, 5.41) is 4.25. The standard InChI is InChI=1S/C8H10N4S/c1-5-6(4-12(2)11-5)7-3-9-8(13)10-7/h3-4H,1-2H3,(H2,9,10,13). The smallest absolute Gasteiger partial charge is 0.174 e. The van der Waals surface area contributed by atoms with E-state index in [4.69, 9.17) is 12.2 Å². The lowest BCUT2D eigenvalue weighted by Crippen LogP contribution is -1.86. The van der Waals surface area contributed by atoms with Crippen LogP contribution in [0.4, 0.5) is 0 Å². The molecular weight excluding hydrogens is 184 g/mol. The summed E-state index contributed by atoms with van der Waals surface area (Å²) in [5.41, 5.74) is 3.05. The number of hydrogen-bond acceptors (Lipinski definition) is 2. The Kier molecular flexibility index (Phi) is 1.81. The molecule has 0 saturated heterocycles. The molecule has 0 aliphatic rings. The van der Waals surface area contributed by atoms with Gasteiger partial charge in [0.15, 0.2) is 4.77 Å². The Bertz CT molecular complexity index is 476. The Morgan fingerprint density at radius 3 is 2.77 bits per heavy atom. The fraction of sp³-hybridized carbons (Fsp3) is 0.250. The molecule has 2 aromatic heterocycles. The van der Waals surface area contributed by atoms with Crippen LogP contribution in [0.15, 0.2) is 12.4 Å². The molecule has 0 bridgehead atoms. The minimum absolute atomic E-state index is 0.637. The van der Waals surface area contributed by atoms with Gasteiger partial charge in [-0.2, -0.15) is 5.10 Å². The lowest BCUT2D eigenvalue weighted by Gasteiger charge is -1.90. The van der Waals surface area contributed by atoms with Gasteiger partial charge in [-0.15, -0.1) is 0 Å². The molecule has 0 aliphatic heterocycles. The Hall–Kier alpha value is -1.36. The molecular formula is C8H10N4S. The van der Waals surface area contributed by atoms with Crippen LogP contribution in [0.25, 0.3) is 11.3 Å². The second-order valence-corrected chi connectivity index (χ2v) is 3.37. The molecule has 5 heteroatoms. The van der Waals surface area contributed by atoms with E-state index in [1.807, 2.05) is 26.4 Å². The molecule has 68 valence electrons. The van der Waals surface area contributed by atoms with Crippen LogP contribution in [-0.4, -0.2) is 19.7 Å². The summed E-state index contributed by atoms with van der Waals surface area (Å²) >= 11 is 4.94. The number of aryl methyl sites for hydroxylation is 2. The van der Waals surface area contributed by atoms with Gasteiger partial charge in [0.2, 0.25) is 0 Å². The summed E-state index contributed by atoms with van der Waals surface area (Å²) in [5.74, 6) is 0. The minimum atomic E-state index is 0.637. The van der Waals surface area contributed by atoms with Crippen molar-refractivity contribution in [3.8, 4) is 11.3 Å². The molecule has 0 fully saturated rings. The number of H-pyrrole nitrogens is 2. The molecule has 0 atom stereocenters. The fourth-order valence-corrected chi connectivity index (χ4v) is 1.51. The van der Waals surface area contributed by atoms with Crippen molar-refractivity contribution >= 4 is 12.2 Å². The lowest BCUT2D eigenvalue weighted by molar-refractivity contribution is 0.756. The van der Waals surface area contributed by atoms with Gasteiger partial charge in [0.05, 0.1) is 11.4 Å². The van der Waals surface area contributed by atoms with E-state index in [1.54, 1.807) is 4.68 Å². The monoisotopic (exact) mass is 194 g/mol. The van der Waals surface area contributed by atoms with Crippen LogP contribution in [0.5, 0.6) is 0 Å². The van der Waals surface area contributed by atoms with Gasteiger partial charge in [-0.3, -0.25) is 4.68 Å². The topological polar surface area (TPSA) is 49.4 Å². The molecule has 0 spiro atoms. The molecule has 0 unspecified atom stereocenters. The molecule has 0 aromatic carbocycles. The van der Waals surface area contributed by atoms with Gasteiger partial charge in [-0.05, 0) is 19.1 Å². The molecule has 2 N–H and O–H groups in total. The predicted octanol–water partition coefficient (Wildman–Crippen LogP) is 1.78. The highest BCUT2D eigenvalue weighted by Crippen LogP contribution is 2.18. The molecule has 13 heavy (non-hydrogen) atoms. The van der Waals surface area contributed by atoms with Crippen molar-refractivity contribution in [2.45, 2.75) is 6.92 Å². The van der Waals surface area contributed by atoms with E-state index in [2.05, 4.69) is 15.1 Å². The van der Waals surface area contributed by atoms with Gasteiger partial charge in [-0.25, -0.2) is 0 Å². The first-order valence-electron chi connectivity index (χ1n) is 3.95. The molecule has 2 aromatic rings. The molecule has 0 radical (unpaired) electrons. The molecule has 2 heterocycles. The summed E-state index contributed by atoms with van der Waals surface area (Å²) in [4.78, 5) is 5.98. The SMILES string of the molecule is Cc1nn(C)cc1-c1c[nH]c(=S)[nH]1. The lowest BCUT2D eigenvalue weighted by atomic mass is 10.2. The van der Waals surface area contributed by atoms with Crippen LogP contribution >= 0.6 is 12.2 Å². The zero-order valence-electron chi connectivity index (χ0n) is 7.46. The van der Waals surface area contributed by atoms with Crippen LogP contribution in [0, 0.1) is 11.7 Å². The molecule has 2 rings (SSSR count). The first kappa shape index (κ1) is 8.25. The molecule has 4 nitrogen and oxygen atoms in total. The van der Waals surface area contributed by atoms with Crippen molar-refractivity contribution in [3.63, 3.8) is 0 Å². The van der Waals surface area contributed by atoms with E-state index in [0.717, 1.165) is 17.0 Å². The van der Waals surface area contributed by atoms with Crippen molar-refractivity contribution < 1.29 is 0 Å². The third kappa shape index (κ3) is 1.42. The van der Waals surface area contributed by atoms with Gasteiger partial charge < -0.3 is 9.97 Å². The normalized spacial score (nSPS) is 10.6. The van der Waals surface area contributed by atoms with Crippen molar-refractivity contribution in [2.24, 2.45) is 7.05 Å². The number of imidazole rings is 1. The van der Waals surface area contributed by atoms with Gasteiger partial charge in [-0.1, -0.05) is 0 Å². The number of nitrogens with one attached hydrogen (secondary N) is 2. The highest BCUT2D eigenvalue weighted by molar-refractivity contribution is 7.71. The van der Waals surface area contributed by atoms with E-state index in [-0.39, 0.29) is 0 Å². The summed E-state index contributed by atoms with van der Waals surface area (Å²) < 4.78 is 2.42. The van der Waals surface area contributed by atoms with E-state index in [0.29, 0.717) is 4.77 Å². The van der Waals surface area contributed by atoms with Crippen LogP contribution in [0.3, 0.4) is 0 Å². The van der Waals surface area contributed by atoms with Gasteiger partial charge in [0.1, 0.15) is 0 Å². The molecule has 0 aliphatic carbocycles. The van der Waals surface area contributed by atoms with Crippen molar-refractivity contribution in [3.05, 3.63) is 22.9 Å². The van der Waals surface area contributed by atoms with E-state index < -0.39 is 0 Å². The predicted molar refractivity (Wildman–Crippen MR) is 52.9 cm³/mol. The third-order valence-electron chi connectivity index (χ3n) is 1.90. The quantitative estimate of drug-likeness (QED) is 0.680. The van der Waals surface area contributed by atoms with Gasteiger partial charge in [0, 0.05) is 25.0 Å². The zero-order valence-corrected chi connectivity index (χ0v) is 8.27. The Morgan fingerprint density at radius 1 is 1.54 bits per heavy atom. The van der Waals surface area contributed by atoms with Crippen LogP contribution in [-0.2, 0) is 7.05 Å². The number of hydrogen-bond donors (Lipinski definition) is 2. The maximum absolute atomic E-state index is 4.94. The summed E-state index contributed by atoms with van der Waals surface area (Å²) in [7, 11) is 1.90. The molecule has 0 amide bonds. The first-order chi connectivity index (χ1) is 6.16. The average molecular weight is 194 g/mol.